The molecule has 0 aliphatic carbocycles. The van der Waals surface area contributed by atoms with E-state index in [0.717, 1.165) is 5.39 Å². The Morgan fingerprint density at radius 2 is 1.90 bits per heavy atom. The second kappa shape index (κ2) is 5.51. The quantitative estimate of drug-likeness (QED) is 0.684. The molecule has 3 rings (SSSR count). The summed E-state index contributed by atoms with van der Waals surface area (Å²) in [6, 6.07) is 17.8. The molecule has 102 valence electrons. The van der Waals surface area contributed by atoms with Crippen LogP contribution >= 0.6 is 0 Å². The van der Waals surface area contributed by atoms with Crippen molar-refractivity contribution in [3.05, 3.63) is 65.9 Å². The van der Waals surface area contributed by atoms with Gasteiger partial charge in [-0.25, -0.2) is 0 Å². The Kier molecular flexibility index (Phi) is 3.40. The number of rotatable bonds is 4. The highest BCUT2D eigenvalue weighted by Crippen LogP contribution is 2.19. The molecule has 1 aromatic heterocycles. The average molecular weight is 277 g/mol. The monoisotopic (exact) mass is 277 g/mol. The van der Waals surface area contributed by atoms with Gasteiger partial charge in [0.05, 0.1) is 11.6 Å². The van der Waals surface area contributed by atoms with Crippen LogP contribution in [0.3, 0.4) is 0 Å². The number of nitriles is 1. The molecule has 0 amide bonds. The summed E-state index contributed by atoms with van der Waals surface area (Å²) in [5.74, 6) is 0.596. The maximum atomic E-state index is 12.0. The minimum atomic E-state index is -0.226. The van der Waals surface area contributed by atoms with E-state index in [1.54, 1.807) is 30.3 Å². The van der Waals surface area contributed by atoms with Crippen LogP contribution in [0.5, 0.6) is 5.75 Å². The lowest BCUT2D eigenvalue weighted by molar-refractivity contribution is 0.0896. The van der Waals surface area contributed by atoms with E-state index < -0.39 is 0 Å². The number of ether oxygens (including phenoxy) is 1. The first kappa shape index (κ1) is 12.9. The Labute approximate surface area is 121 Å². The highest BCUT2D eigenvalue weighted by molar-refractivity contribution is 5.98. The normalized spacial score (nSPS) is 10.2. The van der Waals surface area contributed by atoms with E-state index >= 15 is 0 Å². The van der Waals surface area contributed by atoms with Crippen molar-refractivity contribution in [1.29, 1.82) is 5.26 Å². The van der Waals surface area contributed by atoms with Gasteiger partial charge < -0.3 is 9.15 Å². The minimum Gasteiger partial charge on any atom is -0.485 e. The van der Waals surface area contributed by atoms with Crippen LogP contribution in [-0.2, 0) is 0 Å². The number of para-hydroxylation sites is 1. The number of hydrogen-bond donors (Lipinski definition) is 0. The average Bonchev–Trinajstić information content (AvgIpc) is 2.97. The lowest BCUT2D eigenvalue weighted by Crippen LogP contribution is -2.10. The summed E-state index contributed by atoms with van der Waals surface area (Å²) in [7, 11) is 0. The second-order valence-corrected chi connectivity index (χ2v) is 4.50. The van der Waals surface area contributed by atoms with Crippen molar-refractivity contribution in [1.82, 2.24) is 0 Å². The molecule has 0 fully saturated rings. The van der Waals surface area contributed by atoms with Crippen molar-refractivity contribution < 1.29 is 13.9 Å². The standard InChI is InChI=1S/C17H11NO3/c18-10-12-5-7-14(8-6-12)20-11-15(19)17-9-13-3-1-2-4-16(13)21-17/h1-9H,11H2. The molecule has 0 saturated heterocycles. The highest BCUT2D eigenvalue weighted by Gasteiger charge is 2.12. The SMILES string of the molecule is N#Cc1ccc(OCC(=O)c2cc3ccccc3o2)cc1. The Balaban J connectivity index is 1.69. The molecule has 0 atom stereocenters. The summed E-state index contributed by atoms with van der Waals surface area (Å²) < 4.78 is 10.9. The van der Waals surface area contributed by atoms with E-state index in [2.05, 4.69) is 0 Å². The van der Waals surface area contributed by atoms with Gasteiger partial charge in [0.1, 0.15) is 11.3 Å². The van der Waals surface area contributed by atoms with Crippen LogP contribution in [0.4, 0.5) is 0 Å². The Bertz CT molecular complexity index is 792. The van der Waals surface area contributed by atoms with E-state index in [1.165, 1.54) is 0 Å². The maximum Gasteiger partial charge on any atom is 0.235 e. The molecule has 21 heavy (non-hydrogen) atoms. The molecule has 0 spiro atoms. The zero-order valence-corrected chi connectivity index (χ0v) is 11.1. The number of benzene rings is 2. The van der Waals surface area contributed by atoms with Gasteiger partial charge in [0.25, 0.3) is 0 Å². The summed E-state index contributed by atoms with van der Waals surface area (Å²) in [5.41, 5.74) is 1.23. The lowest BCUT2D eigenvalue weighted by Gasteiger charge is -2.03. The fraction of sp³-hybridized carbons (Fsp3) is 0.0588. The highest BCUT2D eigenvalue weighted by atomic mass is 16.5. The third kappa shape index (κ3) is 2.77. The van der Waals surface area contributed by atoms with Gasteiger partial charge in [0.15, 0.2) is 12.4 Å². The number of furan rings is 1. The van der Waals surface area contributed by atoms with Crippen molar-refractivity contribution in [2.24, 2.45) is 0 Å². The van der Waals surface area contributed by atoms with Crippen LogP contribution in [-0.4, -0.2) is 12.4 Å². The van der Waals surface area contributed by atoms with E-state index in [0.29, 0.717) is 16.9 Å². The van der Waals surface area contributed by atoms with Gasteiger partial charge in [-0.15, -0.1) is 0 Å². The van der Waals surface area contributed by atoms with Crippen LogP contribution in [0.15, 0.2) is 59.0 Å². The molecule has 4 nitrogen and oxygen atoms in total. The summed E-state index contributed by atoms with van der Waals surface area (Å²) in [5, 5.41) is 9.60. The van der Waals surface area contributed by atoms with E-state index in [4.69, 9.17) is 14.4 Å². The van der Waals surface area contributed by atoms with Crippen molar-refractivity contribution in [2.45, 2.75) is 0 Å². The largest absolute Gasteiger partial charge is 0.485 e. The topological polar surface area (TPSA) is 63.2 Å². The van der Waals surface area contributed by atoms with Crippen molar-refractivity contribution in [3.63, 3.8) is 0 Å². The molecule has 1 heterocycles. The molecular formula is C17H11NO3. The predicted octanol–water partition coefficient (Wildman–Crippen LogP) is 3.57. The maximum absolute atomic E-state index is 12.0. The van der Waals surface area contributed by atoms with E-state index in [1.807, 2.05) is 30.3 Å². The summed E-state index contributed by atoms with van der Waals surface area (Å²) >= 11 is 0. The first-order valence-electron chi connectivity index (χ1n) is 6.41. The molecule has 0 unspecified atom stereocenters. The minimum absolute atomic E-state index is 0.105. The van der Waals surface area contributed by atoms with Crippen molar-refractivity contribution in [3.8, 4) is 11.8 Å². The smallest absolute Gasteiger partial charge is 0.235 e. The van der Waals surface area contributed by atoms with Gasteiger partial charge >= 0.3 is 0 Å². The van der Waals surface area contributed by atoms with Crippen LogP contribution in [0.25, 0.3) is 11.0 Å². The van der Waals surface area contributed by atoms with Crippen LogP contribution in [0.1, 0.15) is 16.1 Å². The Morgan fingerprint density at radius 3 is 2.62 bits per heavy atom. The van der Waals surface area contributed by atoms with Gasteiger partial charge in [-0.05, 0) is 36.4 Å². The Morgan fingerprint density at radius 1 is 1.14 bits per heavy atom. The summed E-state index contributed by atoms with van der Waals surface area (Å²) in [6.45, 7) is -0.105. The number of ketones is 1. The number of carbonyl (C=O) groups is 1. The third-order valence-electron chi connectivity index (χ3n) is 3.05. The fourth-order valence-electron chi connectivity index (χ4n) is 1.96. The number of hydrogen-bond acceptors (Lipinski definition) is 4. The van der Waals surface area contributed by atoms with E-state index in [9.17, 15) is 4.79 Å². The molecule has 0 aliphatic heterocycles. The van der Waals surface area contributed by atoms with Gasteiger partial charge in [-0.1, -0.05) is 18.2 Å². The molecule has 4 heteroatoms. The number of nitrogens with zero attached hydrogens (tertiary/aromatic N) is 1. The van der Waals surface area contributed by atoms with Gasteiger partial charge in [-0.3, -0.25) is 4.79 Å². The van der Waals surface area contributed by atoms with Gasteiger partial charge in [0.2, 0.25) is 5.78 Å². The first-order valence-corrected chi connectivity index (χ1v) is 6.41. The molecule has 0 N–H and O–H groups in total. The Hall–Kier alpha value is -3.06. The number of fused-ring (bicyclic) bond motifs is 1. The summed E-state index contributed by atoms with van der Waals surface area (Å²) in [6.07, 6.45) is 0. The zero-order chi connectivity index (χ0) is 14.7. The molecule has 0 saturated carbocycles. The molecule has 2 aromatic carbocycles. The van der Waals surface area contributed by atoms with Gasteiger partial charge in [-0.2, -0.15) is 5.26 Å². The lowest BCUT2D eigenvalue weighted by atomic mass is 10.2. The van der Waals surface area contributed by atoms with Crippen LogP contribution in [0, 0.1) is 11.3 Å². The van der Waals surface area contributed by atoms with Gasteiger partial charge in [0, 0.05) is 5.39 Å². The number of carbonyl (C=O) groups excluding carboxylic acids is 1. The molecule has 0 radical (unpaired) electrons. The molecular weight excluding hydrogens is 266 g/mol. The van der Waals surface area contributed by atoms with E-state index in [-0.39, 0.29) is 18.2 Å². The zero-order valence-electron chi connectivity index (χ0n) is 11.1. The molecule has 0 bridgehead atoms. The second-order valence-electron chi connectivity index (χ2n) is 4.50. The van der Waals surface area contributed by atoms with Crippen molar-refractivity contribution >= 4 is 16.8 Å². The fourth-order valence-corrected chi connectivity index (χ4v) is 1.96. The number of Topliss-reactive ketones (excluding diaryl/α,β-unsaturated/α-hetero) is 1. The molecule has 0 aliphatic rings. The predicted molar refractivity (Wildman–Crippen MR) is 77.2 cm³/mol. The third-order valence-corrected chi connectivity index (χ3v) is 3.05. The summed E-state index contributed by atoms with van der Waals surface area (Å²) in [4.78, 5) is 12.0. The first-order chi connectivity index (χ1) is 10.3. The van der Waals surface area contributed by atoms with Crippen LogP contribution < -0.4 is 4.74 Å². The van der Waals surface area contributed by atoms with Crippen LogP contribution in [0.2, 0.25) is 0 Å². The van der Waals surface area contributed by atoms with Crippen molar-refractivity contribution in [2.75, 3.05) is 6.61 Å². The molecule has 3 aromatic rings.